The maximum atomic E-state index is 12.2. The molecule has 0 aliphatic heterocycles. The summed E-state index contributed by atoms with van der Waals surface area (Å²) in [6.07, 6.45) is 4.75. The molecule has 0 atom stereocenters. The van der Waals surface area contributed by atoms with Crippen LogP contribution in [-0.4, -0.2) is 69.7 Å². The highest BCUT2D eigenvalue weighted by atomic mass is 35.5. The zero-order valence-corrected chi connectivity index (χ0v) is 42.3. The van der Waals surface area contributed by atoms with Gasteiger partial charge in [0.2, 0.25) is 0 Å². The summed E-state index contributed by atoms with van der Waals surface area (Å²) >= 11 is 6.07. The van der Waals surface area contributed by atoms with Gasteiger partial charge in [-0.3, -0.25) is 0 Å². The van der Waals surface area contributed by atoms with Crippen molar-refractivity contribution in [3.05, 3.63) is 179 Å². The maximum Gasteiger partial charge on any atom is 0.360 e. The normalized spacial score (nSPS) is 10.5. The molecular weight excluding hydrogens is 944 g/mol. The van der Waals surface area contributed by atoms with Gasteiger partial charge in [0.25, 0.3) is 0 Å². The Labute approximate surface area is 426 Å². The number of aliphatic carboxylic acids is 4. The first-order chi connectivity index (χ1) is 34.6. The quantitative estimate of drug-likeness (QED) is 0.0441. The Morgan fingerprint density at radius 1 is 0.444 bits per heavy atom. The summed E-state index contributed by atoms with van der Waals surface area (Å²) in [5.41, 5.74) is -2.10. The first-order valence-electron chi connectivity index (χ1n) is 23.4. The summed E-state index contributed by atoms with van der Waals surface area (Å²) in [6.45, 7) is 9.10. The fraction of sp³-hybridized carbons (Fsp3) is 0.298. The molecule has 6 aromatic carbocycles. The van der Waals surface area contributed by atoms with Crippen LogP contribution in [0.3, 0.4) is 0 Å². The SMILES string of the molecule is CCCC.CCCC.COc1ccc(CC(Oc2ccc(Cl)cc2OCc2ccccc2)(C(=O)O)C(=O)O)cc1.COc1ccc(CCC(Oc2ccccc2OCc2ccccc2)(C(=O)O)C(=O)O)cc1. The zero-order valence-electron chi connectivity index (χ0n) is 41.5. The molecule has 384 valence electrons. The van der Waals surface area contributed by atoms with Crippen molar-refractivity contribution >= 4 is 35.5 Å². The molecule has 0 aromatic heterocycles. The summed E-state index contributed by atoms with van der Waals surface area (Å²) in [5.74, 6) is -4.89. The van der Waals surface area contributed by atoms with Crippen LogP contribution < -0.4 is 28.4 Å². The first kappa shape index (κ1) is 58.6. The molecule has 15 heteroatoms. The Hall–Kier alpha value is -7.71. The van der Waals surface area contributed by atoms with E-state index >= 15 is 0 Å². The highest BCUT2D eigenvalue weighted by molar-refractivity contribution is 6.30. The van der Waals surface area contributed by atoms with Crippen molar-refractivity contribution in [2.24, 2.45) is 0 Å². The molecule has 0 spiro atoms. The fourth-order valence-corrected chi connectivity index (χ4v) is 6.29. The van der Waals surface area contributed by atoms with Gasteiger partial charge in [0.15, 0.2) is 23.0 Å². The van der Waals surface area contributed by atoms with Gasteiger partial charge in [-0.2, -0.15) is 0 Å². The number of hydrogen-bond donors (Lipinski definition) is 4. The molecule has 4 N–H and O–H groups in total. The summed E-state index contributed by atoms with van der Waals surface area (Å²) in [4.78, 5) is 48.5. The van der Waals surface area contributed by atoms with Crippen LogP contribution in [0.4, 0.5) is 0 Å². The van der Waals surface area contributed by atoms with Crippen molar-refractivity contribution in [2.75, 3.05) is 14.2 Å². The van der Waals surface area contributed by atoms with E-state index < -0.39 is 41.5 Å². The summed E-state index contributed by atoms with van der Waals surface area (Å²) in [5, 5.41) is 39.8. The number of ether oxygens (including phenoxy) is 6. The van der Waals surface area contributed by atoms with Crippen molar-refractivity contribution in [1.29, 1.82) is 0 Å². The van der Waals surface area contributed by atoms with E-state index in [1.807, 2.05) is 60.7 Å². The number of carboxylic acid groups (broad SMARTS) is 4. The zero-order chi connectivity index (χ0) is 52.9. The number of rotatable bonds is 23. The lowest BCUT2D eigenvalue weighted by molar-refractivity contribution is -0.174. The van der Waals surface area contributed by atoms with Crippen molar-refractivity contribution in [3.8, 4) is 34.5 Å². The predicted octanol–water partition coefficient (Wildman–Crippen LogP) is 12.3. The lowest BCUT2D eigenvalue weighted by Gasteiger charge is -2.27. The van der Waals surface area contributed by atoms with Crippen molar-refractivity contribution < 1.29 is 68.0 Å². The van der Waals surface area contributed by atoms with Crippen LogP contribution in [-0.2, 0) is 45.2 Å². The number of aryl methyl sites for hydroxylation is 1. The van der Waals surface area contributed by atoms with Crippen LogP contribution in [0.2, 0.25) is 5.02 Å². The van der Waals surface area contributed by atoms with Gasteiger partial charge in [-0.05, 0) is 77.2 Å². The second-order valence-corrected chi connectivity index (χ2v) is 16.5. The van der Waals surface area contributed by atoms with Gasteiger partial charge in [-0.25, -0.2) is 19.2 Å². The number of carboxylic acids is 4. The summed E-state index contributed by atoms with van der Waals surface area (Å²) < 4.78 is 33.1. The average Bonchev–Trinajstić information content (AvgIpc) is 3.40. The molecule has 0 bridgehead atoms. The van der Waals surface area contributed by atoms with E-state index in [0.29, 0.717) is 22.1 Å². The molecular formula is C57H65ClO14. The van der Waals surface area contributed by atoms with E-state index in [9.17, 15) is 39.6 Å². The van der Waals surface area contributed by atoms with E-state index in [1.165, 1.54) is 57.1 Å². The third-order valence-electron chi connectivity index (χ3n) is 10.7. The number of para-hydroxylation sites is 2. The minimum Gasteiger partial charge on any atom is -0.497 e. The number of unbranched alkanes of at least 4 members (excludes halogenated alkanes) is 2. The van der Waals surface area contributed by atoms with Gasteiger partial charge in [0.1, 0.15) is 24.7 Å². The van der Waals surface area contributed by atoms with E-state index in [4.69, 9.17) is 40.0 Å². The largest absolute Gasteiger partial charge is 0.497 e. The molecule has 0 unspecified atom stereocenters. The van der Waals surface area contributed by atoms with Gasteiger partial charge in [-0.15, -0.1) is 0 Å². The van der Waals surface area contributed by atoms with Gasteiger partial charge in [0, 0.05) is 23.9 Å². The topological polar surface area (TPSA) is 205 Å². The van der Waals surface area contributed by atoms with Crippen LogP contribution >= 0.6 is 11.6 Å². The molecule has 0 heterocycles. The monoisotopic (exact) mass is 1010 g/mol. The highest BCUT2D eigenvalue weighted by Crippen LogP contribution is 2.36. The van der Waals surface area contributed by atoms with Crippen LogP contribution in [0.1, 0.15) is 82.1 Å². The van der Waals surface area contributed by atoms with Crippen LogP contribution in [0.5, 0.6) is 34.5 Å². The van der Waals surface area contributed by atoms with Crippen molar-refractivity contribution in [1.82, 2.24) is 0 Å². The molecule has 72 heavy (non-hydrogen) atoms. The van der Waals surface area contributed by atoms with Gasteiger partial charge >= 0.3 is 35.1 Å². The van der Waals surface area contributed by atoms with Crippen LogP contribution in [0, 0.1) is 0 Å². The average molecular weight is 1010 g/mol. The third kappa shape index (κ3) is 18.2. The number of methoxy groups -OCH3 is 2. The molecule has 0 fully saturated rings. The number of benzene rings is 6. The van der Waals surface area contributed by atoms with E-state index in [-0.39, 0.29) is 49.1 Å². The van der Waals surface area contributed by atoms with Gasteiger partial charge in [-0.1, -0.05) is 162 Å². The second-order valence-electron chi connectivity index (χ2n) is 16.0. The molecule has 6 aromatic rings. The van der Waals surface area contributed by atoms with Crippen LogP contribution in [0.25, 0.3) is 0 Å². The van der Waals surface area contributed by atoms with Crippen LogP contribution in [0.15, 0.2) is 152 Å². The Morgan fingerprint density at radius 3 is 1.26 bits per heavy atom. The standard InChI is InChI=1S/C25H24O7.C24H21ClO7.2C4H10/c1-30-20-13-11-18(12-14-20)15-16-25(23(26)27,24(28)29)32-22-10-6-5-9-21(22)31-17-19-7-3-2-4-8-19;1-30-19-10-7-16(8-11-19)14-24(22(26)27,23(28)29)32-20-12-9-18(25)13-21(20)31-15-17-5-3-2-4-6-17;2*1-3-4-2/h2-14H,15-17H2,1H3,(H,26,27)(H,28,29);2-13H,14-15H2,1H3,(H,26,27)(H,28,29);2*3-4H2,1-2H3. The minimum absolute atomic E-state index is 0.0444. The predicted molar refractivity (Wildman–Crippen MR) is 276 cm³/mol. The molecule has 0 amide bonds. The lowest BCUT2D eigenvalue weighted by atomic mass is 9.94. The molecule has 0 radical (unpaired) electrons. The molecule has 0 saturated heterocycles. The smallest absolute Gasteiger partial charge is 0.360 e. The molecule has 0 aliphatic carbocycles. The number of halogens is 1. The van der Waals surface area contributed by atoms with Gasteiger partial charge in [0.05, 0.1) is 14.2 Å². The Morgan fingerprint density at radius 2 is 0.833 bits per heavy atom. The highest BCUT2D eigenvalue weighted by Gasteiger charge is 2.51. The Bertz CT molecular complexity index is 2510. The second kappa shape index (κ2) is 30.8. The molecule has 14 nitrogen and oxygen atoms in total. The lowest BCUT2D eigenvalue weighted by Crippen LogP contribution is -2.53. The van der Waals surface area contributed by atoms with E-state index in [2.05, 4.69) is 27.7 Å². The minimum atomic E-state index is -2.59. The number of carbonyl (C=O) groups is 4. The first-order valence-corrected chi connectivity index (χ1v) is 23.8. The number of hydrogen-bond acceptors (Lipinski definition) is 10. The molecule has 6 rings (SSSR count). The molecule has 0 saturated carbocycles. The third-order valence-corrected chi connectivity index (χ3v) is 11.0. The Balaban J connectivity index is 0.000000331. The summed E-state index contributed by atoms with van der Waals surface area (Å²) in [7, 11) is 3.04. The maximum absolute atomic E-state index is 12.2. The van der Waals surface area contributed by atoms with E-state index in [1.54, 1.807) is 73.8 Å². The van der Waals surface area contributed by atoms with Gasteiger partial charge < -0.3 is 48.8 Å². The van der Waals surface area contributed by atoms with Crippen molar-refractivity contribution in [2.45, 2.75) is 97.1 Å². The fourth-order valence-electron chi connectivity index (χ4n) is 6.13. The molecule has 0 aliphatic rings. The van der Waals surface area contributed by atoms with Crippen molar-refractivity contribution in [3.63, 3.8) is 0 Å². The Kier molecular flexibility index (Phi) is 25.1. The van der Waals surface area contributed by atoms with E-state index in [0.717, 1.165) is 16.7 Å². The summed E-state index contributed by atoms with van der Waals surface area (Å²) in [6, 6.07) is 42.8.